The monoisotopic (exact) mass is 482 g/mol. The lowest BCUT2D eigenvalue weighted by Crippen LogP contribution is -2.33. The van der Waals surface area contributed by atoms with E-state index in [-0.39, 0.29) is 11.9 Å². The molecular formula is C27H30N8O. The summed E-state index contributed by atoms with van der Waals surface area (Å²) < 4.78 is 0. The second kappa shape index (κ2) is 9.91. The van der Waals surface area contributed by atoms with E-state index in [1.807, 2.05) is 38.1 Å². The topological polar surface area (TPSA) is 128 Å². The van der Waals surface area contributed by atoms with E-state index in [4.69, 9.17) is 4.98 Å². The number of carbonyl (C=O) groups is 1. The Hall–Kier alpha value is -4.03. The lowest BCUT2D eigenvalue weighted by atomic mass is 9.67. The zero-order chi connectivity index (χ0) is 25.1. The molecule has 1 aromatic carbocycles. The fourth-order valence-corrected chi connectivity index (χ4v) is 4.58. The van der Waals surface area contributed by atoms with Gasteiger partial charge in [0, 0.05) is 24.5 Å². The van der Waals surface area contributed by atoms with Gasteiger partial charge in [-0.15, -0.1) is 0 Å². The van der Waals surface area contributed by atoms with Gasteiger partial charge in [0.2, 0.25) is 5.95 Å². The van der Waals surface area contributed by atoms with E-state index in [0.717, 1.165) is 50.2 Å². The predicted octanol–water partition coefficient (Wildman–Crippen LogP) is 4.09. The Morgan fingerprint density at radius 2 is 2.00 bits per heavy atom. The number of hydrogen-bond acceptors (Lipinski definition) is 8. The second-order valence-corrected chi connectivity index (χ2v) is 9.70. The molecule has 1 amide bonds. The van der Waals surface area contributed by atoms with Gasteiger partial charge in [-0.05, 0) is 81.5 Å². The third kappa shape index (κ3) is 4.86. The Morgan fingerprint density at radius 1 is 1.14 bits per heavy atom. The van der Waals surface area contributed by atoms with Crippen molar-refractivity contribution in [2.24, 2.45) is 0 Å². The molecule has 2 aromatic heterocycles. The number of hydrogen-bond donors (Lipinski definition) is 4. The minimum Gasteiger partial charge on any atom is -0.350 e. The Morgan fingerprint density at radius 3 is 2.75 bits per heavy atom. The summed E-state index contributed by atoms with van der Waals surface area (Å²) >= 11 is 0. The lowest BCUT2D eigenvalue weighted by Gasteiger charge is -2.34. The van der Waals surface area contributed by atoms with Crippen molar-refractivity contribution in [2.75, 3.05) is 17.2 Å². The fourth-order valence-electron chi connectivity index (χ4n) is 4.58. The van der Waals surface area contributed by atoms with Crippen LogP contribution in [-0.4, -0.2) is 33.4 Å². The van der Waals surface area contributed by atoms with Gasteiger partial charge in [0.1, 0.15) is 17.2 Å². The second-order valence-electron chi connectivity index (χ2n) is 9.70. The highest BCUT2D eigenvalue weighted by molar-refractivity contribution is 5.99. The molecule has 9 heteroatoms. The molecule has 1 fully saturated rings. The average Bonchev–Trinajstić information content (AvgIpc) is 2.84. The molecular weight excluding hydrogens is 452 g/mol. The van der Waals surface area contributed by atoms with Crippen molar-refractivity contribution in [3.8, 4) is 6.07 Å². The Balaban J connectivity index is 1.45. The van der Waals surface area contributed by atoms with Crippen LogP contribution >= 0.6 is 0 Å². The molecule has 184 valence electrons. The summed E-state index contributed by atoms with van der Waals surface area (Å²) in [4.78, 5) is 26.7. The molecule has 9 nitrogen and oxygen atoms in total. The molecule has 1 aliphatic heterocycles. The van der Waals surface area contributed by atoms with Gasteiger partial charge in [0.05, 0.1) is 17.2 Å². The molecule has 1 saturated carbocycles. The van der Waals surface area contributed by atoms with Crippen molar-refractivity contribution < 1.29 is 4.79 Å². The first kappa shape index (κ1) is 23.7. The van der Waals surface area contributed by atoms with Crippen LogP contribution in [0.3, 0.4) is 0 Å². The van der Waals surface area contributed by atoms with Gasteiger partial charge in [0.15, 0.2) is 0 Å². The number of nitrogens with one attached hydrogen (secondary N) is 4. The van der Waals surface area contributed by atoms with E-state index >= 15 is 0 Å². The van der Waals surface area contributed by atoms with Crippen LogP contribution in [-0.2, 0) is 18.4 Å². The van der Waals surface area contributed by atoms with Crippen LogP contribution < -0.4 is 21.3 Å². The molecule has 5 rings (SSSR count). The van der Waals surface area contributed by atoms with Crippen LogP contribution in [0.5, 0.6) is 0 Å². The highest BCUT2D eigenvalue weighted by Gasteiger charge is 2.40. The number of pyridine rings is 1. The maximum absolute atomic E-state index is 12.9. The summed E-state index contributed by atoms with van der Waals surface area (Å²) in [5, 5.41) is 22.5. The fraction of sp³-hybridized carbons (Fsp3) is 0.370. The zero-order valence-electron chi connectivity index (χ0n) is 20.6. The smallest absolute Gasteiger partial charge is 0.256 e. The van der Waals surface area contributed by atoms with Gasteiger partial charge >= 0.3 is 0 Å². The third-order valence-corrected chi connectivity index (χ3v) is 6.71. The molecule has 1 aliphatic carbocycles. The first-order valence-electron chi connectivity index (χ1n) is 12.4. The summed E-state index contributed by atoms with van der Waals surface area (Å²) in [5.74, 6) is 0.968. The van der Waals surface area contributed by atoms with Crippen LogP contribution in [0.4, 0.5) is 23.3 Å². The van der Waals surface area contributed by atoms with Gasteiger partial charge in [-0.1, -0.05) is 12.1 Å². The van der Waals surface area contributed by atoms with Crippen molar-refractivity contribution in [3.63, 3.8) is 0 Å². The summed E-state index contributed by atoms with van der Waals surface area (Å²) in [6.07, 6.45) is 5.12. The maximum Gasteiger partial charge on any atom is 0.256 e. The molecule has 0 bridgehead atoms. The van der Waals surface area contributed by atoms with E-state index in [9.17, 15) is 10.1 Å². The molecule has 0 radical (unpaired) electrons. The molecule has 0 spiro atoms. The minimum absolute atomic E-state index is 0.0382. The predicted molar refractivity (Wildman–Crippen MR) is 138 cm³/mol. The van der Waals surface area contributed by atoms with E-state index in [2.05, 4.69) is 49.4 Å². The largest absolute Gasteiger partial charge is 0.350 e. The van der Waals surface area contributed by atoms with Crippen LogP contribution in [0.25, 0.3) is 0 Å². The number of benzene rings is 1. The van der Waals surface area contributed by atoms with E-state index in [0.29, 0.717) is 23.1 Å². The quantitative estimate of drug-likeness (QED) is 0.397. The van der Waals surface area contributed by atoms with Crippen molar-refractivity contribution >= 4 is 29.2 Å². The number of amides is 1. The number of fused-ring (bicyclic) bond motifs is 1. The number of nitriles is 1. The summed E-state index contributed by atoms with van der Waals surface area (Å²) in [7, 11) is 0. The van der Waals surface area contributed by atoms with E-state index in [1.165, 1.54) is 17.3 Å². The standard InChI is InChI=1S/C27H30N8O/c1-17(2)31-25(36)21-15-30-26(32-20-8-7-19-14-29-12-9-18(19)13-20)35-24(21)34-23-6-3-5-22(33-23)27(16-28)10-4-11-27/h3,5-8,13,15,17,29H,4,9-12,14H2,1-2H3,(H,31,36)(H2,30,32,33,34,35). The molecule has 0 atom stereocenters. The van der Waals surface area contributed by atoms with Crippen molar-refractivity contribution in [2.45, 2.75) is 57.5 Å². The highest BCUT2D eigenvalue weighted by Crippen LogP contribution is 2.42. The third-order valence-electron chi connectivity index (χ3n) is 6.71. The normalized spacial score (nSPS) is 15.8. The molecule has 3 heterocycles. The van der Waals surface area contributed by atoms with Crippen molar-refractivity contribution in [1.82, 2.24) is 25.6 Å². The van der Waals surface area contributed by atoms with Crippen molar-refractivity contribution in [1.29, 1.82) is 5.26 Å². The van der Waals surface area contributed by atoms with Gasteiger partial charge in [-0.3, -0.25) is 4.79 Å². The first-order chi connectivity index (χ1) is 17.5. The first-order valence-corrected chi connectivity index (χ1v) is 12.4. The summed E-state index contributed by atoms with van der Waals surface area (Å²) in [5.41, 5.74) is 4.01. The lowest BCUT2D eigenvalue weighted by molar-refractivity contribution is 0.0943. The molecule has 0 saturated heterocycles. The Bertz CT molecular complexity index is 1330. The molecule has 2 aliphatic rings. The number of rotatable bonds is 7. The van der Waals surface area contributed by atoms with Crippen LogP contribution in [0.15, 0.2) is 42.6 Å². The van der Waals surface area contributed by atoms with Crippen LogP contribution in [0.1, 0.15) is 60.3 Å². The van der Waals surface area contributed by atoms with E-state index < -0.39 is 5.41 Å². The maximum atomic E-state index is 12.9. The number of anilines is 4. The molecule has 4 N–H and O–H groups in total. The molecule has 3 aromatic rings. The molecule has 36 heavy (non-hydrogen) atoms. The van der Waals surface area contributed by atoms with Gasteiger partial charge in [-0.25, -0.2) is 9.97 Å². The minimum atomic E-state index is -0.532. The highest BCUT2D eigenvalue weighted by atomic mass is 16.1. The summed E-state index contributed by atoms with van der Waals surface area (Å²) in [6.45, 7) is 5.63. The van der Waals surface area contributed by atoms with Gasteiger partial charge < -0.3 is 21.3 Å². The van der Waals surface area contributed by atoms with E-state index in [1.54, 1.807) is 0 Å². The molecule has 0 unspecified atom stereocenters. The Labute approximate surface area is 210 Å². The average molecular weight is 483 g/mol. The van der Waals surface area contributed by atoms with Crippen LogP contribution in [0, 0.1) is 11.3 Å². The van der Waals surface area contributed by atoms with Gasteiger partial charge in [0.25, 0.3) is 5.91 Å². The number of carbonyl (C=O) groups excluding carboxylic acids is 1. The number of aromatic nitrogens is 3. The van der Waals surface area contributed by atoms with Gasteiger partial charge in [-0.2, -0.15) is 10.2 Å². The zero-order valence-corrected chi connectivity index (χ0v) is 20.6. The summed E-state index contributed by atoms with van der Waals surface area (Å²) in [6, 6.07) is 14.2. The number of nitrogens with zero attached hydrogens (tertiary/aromatic N) is 4. The Kier molecular flexibility index (Phi) is 6.53. The van der Waals surface area contributed by atoms with Crippen LogP contribution in [0.2, 0.25) is 0 Å². The SMILES string of the molecule is CC(C)NC(=O)c1cnc(Nc2ccc3c(c2)CCNC3)nc1Nc1cccc(C2(C#N)CCC2)n1. The van der Waals surface area contributed by atoms with Crippen molar-refractivity contribution in [3.05, 3.63) is 65.0 Å².